The number of urea groups is 1. The van der Waals surface area contributed by atoms with Gasteiger partial charge in [-0.15, -0.1) is 5.10 Å². The molecule has 0 fully saturated rings. The van der Waals surface area contributed by atoms with E-state index in [-0.39, 0.29) is 24.7 Å². The van der Waals surface area contributed by atoms with Crippen molar-refractivity contribution < 1.29 is 23.9 Å². The second-order valence-corrected chi connectivity index (χ2v) is 3.73. The summed E-state index contributed by atoms with van der Waals surface area (Å²) in [7, 11) is 0. The van der Waals surface area contributed by atoms with Gasteiger partial charge in [-0.3, -0.25) is 20.2 Å². The summed E-state index contributed by atoms with van der Waals surface area (Å²) in [6, 6.07) is -0.874. The van der Waals surface area contributed by atoms with Gasteiger partial charge in [0.1, 0.15) is 0 Å². The Hall–Kier alpha value is -2.45. The summed E-state index contributed by atoms with van der Waals surface area (Å²) in [6.07, 6.45) is 0.850. The van der Waals surface area contributed by atoms with Crippen LogP contribution in [0.15, 0.2) is 4.42 Å². The van der Waals surface area contributed by atoms with E-state index in [9.17, 15) is 14.4 Å². The van der Waals surface area contributed by atoms with E-state index >= 15 is 0 Å². The molecule has 1 heterocycles. The number of rotatable bonds is 6. The number of aromatic nitrogens is 2. The zero-order valence-electron chi connectivity index (χ0n) is 10.3. The van der Waals surface area contributed by atoms with Crippen LogP contribution in [0.2, 0.25) is 0 Å². The standard InChI is InChI=1S/C10H14N4O5/c1-6-13-14-10(19-6)12-9(18)11-7(15)4-2-3-5-8(16)17/h2-5H2,1H3,(H,16,17)(H2,11,12,14,15,18). The number of nitrogens with zero attached hydrogens (tertiary/aromatic N) is 2. The number of carbonyl (C=O) groups excluding carboxylic acids is 2. The molecule has 0 aliphatic carbocycles. The van der Waals surface area contributed by atoms with Crippen molar-refractivity contribution in [3.05, 3.63) is 5.89 Å². The number of carboxylic acid groups (broad SMARTS) is 1. The average molecular weight is 270 g/mol. The van der Waals surface area contributed by atoms with Gasteiger partial charge in [-0.2, -0.15) is 0 Å². The van der Waals surface area contributed by atoms with Crippen LogP contribution in [0.4, 0.5) is 10.8 Å². The molecule has 9 heteroatoms. The van der Waals surface area contributed by atoms with Gasteiger partial charge in [0.2, 0.25) is 11.8 Å². The first kappa shape index (κ1) is 14.6. The van der Waals surface area contributed by atoms with Crippen molar-refractivity contribution in [1.29, 1.82) is 0 Å². The fourth-order valence-corrected chi connectivity index (χ4v) is 1.23. The molecule has 0 radical (unpaired) electrons. The smallest absolute Gasteiger partial charge is 0.329 e. The molecule has 1 aromatic rings. The maximum absolute atomic E-state index is 11.3. The highest BCUT2D eigenvalue weighted by atomic mass is 16.4. The molecule has 3 amide bonds. The second-order valence-electron chi connectivity index (χ2n) is 3.73. The van der Waals surface area contributed by atoms with E-state index < -0.39 is 17.9 Å². The molecule has 0 saturated carbocycles. The van der Waals surface area contributed by atoms with E-state index in [4.69, 9.17) is 9.52 Å². The lowest BCUT2D eigenvalue weighted by atomic mass is 10.2. The van der Waals surface area contributed by atoms with Gasteiger partial charge >= 0.3 is 18.0 Å². The van der Waals surface area contributed by atoms with E-state index in [0.29, 0.717) is 12.8 Å². The quantitative estimate of drug-likeness (QED) is 0.646. The molecule has 0 aromatic carbocycles. The number of nitrogens with one attached hydrogen (secondary N) is 2. The highest BCUT2D eigenvalue weighted by Crippen LogP contribution is 2.03. The minimum absolute atomic E-state index is 0.000732. The Labute approximate surface area is 108 Å². The van der Waals surface area contributed by atoms with Gasteiger partial charge in [-0.25, -0.2) is 4.79 Å². The number of hydrogen-bond acceptors (Lipinski definition) is 6. The van der Waals surface area contributed by atoms with Gasteiger partial charge in [-0.05, 0) is 12.8 Å². The third-order valence-electron chi connectivity index (χ3n) is 2.04. The number of anilines is 1. The van der Waals surface area contributed by atoms with Gasteiger partial charge in [0, 0.05) is 19.8 Å². The van der Waals surface area contributed by atoms with E-state index in [1.807, 2.05) is 0 Å². The molecule has 104 valence electrons. The summed E-state index contributed by atoms with van der Waals surface area (Å²) in [6.45, 7) is 1.56. The summed E-state index contributed by atoms with van der Waals surface area (Å²) in [5.74, 6) is -1.13. The molecule has 1 aromatic heterocycles. The van der Waals surface area contributed by atoms with Crippen molar-refractivity contribution in [3.8, 4) is 0 Å². The highest BCUT2D eigenvalue weighted by Gasteiger charge is 2.11. The predicted molar refractivity (Wildman–Crippen MR) is 62.3 cm³/mol. The molecule has 3 N–H and O–H groups in total. The van der Waals surface area contributed by atoms with Crippen molar-refractivity contribution in [3.63, 3.8) is 0 Å². The first-order valence-corrected chi connectivity index (χ1v) is 5.60. The monoisotopic (exact) mass is 270 g/mol. The molecule has 1 rings (SSSR count). The summed E-state index contributed by atoms with van der Waals surface area (Å²) in [4.78, 5) is 32.9. The van der Waals surface area contributed by atoms with Gasteiger partial charge < -0.3 is 9.52 Å². The van der Waals surface area contributed by atoms with Crippen molar-refractivity contribution in [2.24, 2.45) is 0 Å². The Morgan fingerprint density at radius 2 is 1.89 bits per heavy atom. The Bertz CT molecular complexity index is 470. The lowest BCUT2D eigenvalue weighted by molar-refractivity contribution is -0.137. The Balaban J connectivity index is 2.21. The minimum atomic E-state index is -0.912. The Morgan fingerprint density at radius 3 is 2.47 bits per heavy atom. The third kappa shape index (κ3) is 6.15. The molecule has 0 bridgehead atoms. The molecule has 0 spiro atoms. The second kappa shape index (κ2) is 7.09. The Morgan fingerprint density at radius 1 is 1.21 bits per heavy atom. The normalized spacial score (nSPS) is 9.95. The van der Waals surface area contributed by atoms with Gasteiger partial charge in [0.25, 0.3) is 0 Å². The van der Waals surface area contributed by atoms with Crippen LogP contribution >= 0.6 is 0 Å². The highest BCUT2D eigenvalue weighted by molar-refractivity contribution is 6.00. The van der Waals surface area contributed by atoms with Crippen LogP contribution in [0, 0.1) is 6.92 Å². The van der Waals surface area contributed by atoms with Crippen LogP contribution in [0.25, 0.3) is 0 Å². The molecule has 0 atom stereocenters. The first-order chi connectivity index (χ1) is 8.97. The van der Waals surface area contributed by atoms with Crippen LogP contribution in [-0.2, 0) is 9.59 Å². The molecule has 9 nitrogen and oxygen atoms in total. The van der Waals surface area contributed by atoms with E-state index in [2.05, 4.69) is 20.8 Å². The number of aryl methyl sites for hydroxylation is 1. The minimum Gasteiger partial charge on any atom is -0.481 e. The maximum atomic E-state index is 11.3. The van der Waals surface area contributed by atoms with Crippen LogP contribution in [0.5, 0.6) is 0 Å². The lowest BCUT2D eigenvalue weighted by Gasteiger charge is -2.02. The van der Waals surface area contributed by atoms with Crippen LogP contribution in [-0.4, -0.2) is 33.2 Å². The van der Waals surface area contributed by atoms with Gasteiger partial charge in [-0.1, -0.05) is 5.10 Å². The van der Waals surface area contributed by atoms with Gasteiger partial charge in [0.15, 0.2) is 0 Å². The van der Waals surface area contributed by atoms with E-state index in [0.717, 1.165) is 0 Å². The zero-order valence-corrected chi connectivity index (χ0v) is 10.3. The zero-order chi connectivity index (χ0) is 14.3. The molecule has 0 saturated heterocycles. The summed E-state index contributed by atoms with van der Waals surface area (Å²) in [5.41, 5.74) is 0. The van der Waals surface area contributed by atoms with Crippen LogP contribution in [0.1, 0.15) is 31.6 Å². The molecular formula is C10H14N4O5. The molecule has 0 aliphatic heterocycles. The van der Waals surface area contributed by atoms with Crippen LogP contribution < -0.4 is 10.6 Å². The van der Waals surface area contributed by atoms with Gasteiger partial charge in [0.05, 0.1) is 0 Å². The number of unbranched alkanes of at least 4 members (excludes halogenated alkanes) is 1. The van der Waals surface area contributed by atoms with E-state index in [1.54, 1.807) is 6.92 Å². The number of amides is 3. The van der Waals surface area contributed by atoms with E-state index in [1.165, 1.54) is 0 Å². The van der Waals surface area contributed by atoms with Crippen molar-refractivity contribution in [2.45, 2.75) is 32.6 Å². The summed E-state index contributed by atoms with van der Waals surface area (Å²) in [5, 5.41) is 19.7. The molecule has 0 unspecified atom stereocenters. The van der Waals surface area contributed by atoms with Crippen molar-refractivity contribution in [2.75, 3.05) is 5.32 Å². The summed E-state index contributed by atoms with van der Waals surface area (Å²) < 4.78 is 4.89. The fraction of sp³-hybridized carbons (Fsp3) is 0.500. The number of imide groups is 1. The third-order valence-corrected chi connectivity index (χ3v) is 2.04. The fourth-order valence-electron chi connectivity index (χ4n) is 1.23. The van der Waals surface area contributed by atoms with Crippen molar-refractivity contribution in [1.82, 2.24) is 15.5 Å². The molecule has 19 heavy (non-hydrogen) atoms. The number of carboxylic acids is 1. The molecular weight excluding hydrogens is 256 g/mol. The Kier molecular flexibility index (Phi) is 5.45. The van der Waals surface area contributed by atoms with Crippen LogP contribution in [0.3, 0.4) is 0 Å². The number of hydrogen-bond donors (Lipinski definition) is 3. The first-order valence-electron chi connectivity index (χ1n) is 5.60. The summed E-state index contributed by atoms with van der Waals surface area (Å²) >= 11 is 0. The maximum Gasteiger partial charge on any atom is 0.329 e. The van der Waals surface area contributed by atoms with Crippen molar-refractivity contribution >= 4 is 23.9 Å². The largest absolute Gasteiger partial charge is 0.481 e. The molecule has 0 aliphatic rings. The topological polar surface area (TPSA) is 134 Å². The lowest BCUT2D eigenvalue weighted by Crippen LogP contribution is -2.34. The average Bonchev–Trinajstić information content (AvgIpc) is 2.69. The predicted octanol–water partition coefficient (Wildman–Crippen LogP) is 0.671. The number of carbonyl (C=O) groups is 3. The number of aliphatic carboxylic acids is 1. The SMILES string of the molecule is Cc1nnc(NC(=O)NC(=O)CCCCC(=O)O)o1.